The van der Waals surface area contributed by atoms with Gasteiger partial charge < -0.3 is 4.74 Å². The molecule has 0 aromatic carbocycles. The zero-order valence-corrected chi connectivity index (χ0v) is 8.07. The van der Waals surface area contributed by atoms with Crippen molar-refractivity contribution in [2.45, 2.75) is 37.2 Å². The molecule has 66 valence electrons. The van der Waals surface area contributed by atoms with E-state index in [9.17, 15) is 0 Å². The molecule has 3 heteroatoms. The molecule has 0 N–H and O–H groups in total. The third-order valence-electron chi connectivity index (χ3n) is 2.03. The summed E-state index contributed by atoms with van der Waals surface area (Å²) in [6.45, 7) is 0.634. The summed E-state index contributed by atoms with van der Waals surface area (Å²) in [5.41, 5.74) is 0. The first-order valence-electron chi connectivity index (χ1n) is 4.16. The zero-order chi connectivity index (χ0) is 8.10. The molecule has 0 saturated heterocycles. The van der Waals surface area contributed by atoms with Gasteiger partial charge in [0.15, 0.2) is 0 Å². The molecule has 0 bridgehead atoms. The average molecular weight is 197 g/mol. The fourth-order valence-electron chi connectivity index (χ4n) is 1.44. The molecule has 1 aliphatic carbocycles. The molecule has 0 amide bonds. The van der Waals surface area contributed by atoms with Crippen LogP contribution >= 0.6 is 23.2 Å². The van der Waals surface area contributed by atoms with Gasteiger partial charge in [0.2, 0.25) is 0 Å². The fourth-order valence-corrected chi connectivity index (χ4v) is 1.88. The first kappa shape index (κ1) is 9.63. The van der Waals surface area contributed by atoms with Crippen LogP contribution in [0.4, 0.5) is 0 Å². The van der Waals surface area contributed by atoms with E-state index in [2.05, 4.69) is 0 Å². The molecule has 2 atom stereocenters. The molecule has 0 heterocycles. The SMILES string of the molecule is ClCCO[C@@H]1CCCC[C@@H]1Cl. The molecule has 11 heavy (non-hydrogen) atoms. The Labute approximate surface area is 78.0 Å². The summed E-state index contributed by atoms with van der Waals surface area (Å²) < 4.78 is 5.48. The Morgan fingerprint density at radius 2 is 2.00 bits per heavy atom. The van der Waals surface area contributed by atoms with E-state index in [-0.39, 0.29) is 11.5 Å². The highest BCUT2D eigenvalue weighted by atomic mass is 35.5. The van der Waals surface area contributed by atoms with Crippen molar-refractivity contribution in [1.82, 2.24) is 0 Å². The lowest BCUT2D eigenvalue weighted by Gasteiger charge is -2.26. The number of ether oxygens (including phenoxy) is 1. The summed E-state index contributed by atoms with van der Waals surface area (Å²) in [5.74, 6) is 0.570. The number of rotatable bonds is 3. The molecule has 1 aliphatic rings. The van der Waals surface area contributed by atoms with Crippen LogP contribution in [0.5, 0.6) is 0 Å². The minimum atomic E-state index is 0.215. The quantitative estimate of drug-likeness (QED) is 0.632. The second-order valence-corrected chi connectivity index (χ2v) is 3.84. The lowest BCUT2D eigenvalue weighted by molar-refractivity contribution is 0.0411. The van der Waals surface area contributed by atoms with Gasteiger partial charge >= 0.3 is 0 Å². The standard InChI is InChI=1S/C8H14Cl2O/c9-5-6-11-8-4-2-1-3-7(8)10/h7-8H,1-6H2/t7-,8+/m0/s1. The van der Waals surface area contributed by atoms with Gasteiger partial charge in [-0.15, -0.1) is 23.2 Å². The zero-order valence-electron chi connectivity index (χ0n) is 6.56. The molecule has 1 saturated carbocycles. The van der Waals surface area contributed by atoms with E-state index < -0.39 is 0 Å². The molecule has 0 aromatic rings. The van der Waals surface area contributed by atoms with Crippen molar-refractivity contribution in [1.29, 1.82) is 0 Å². The summed E-state index contributed by atoms with van der Waals surface area (Å²) in [7, 11) is 0. The normalized spacial score (nSPS) is 32.2. The summed E-state index contributed by atoms with van der Waals surface area (Å²) >= 11 is 11.6. The number of alkyl halides is 2. The maximum absolute atomic E-state index is 6.05. The topological polar surface area (TPSA) is 9.23 Å². The Balaban J connectivity index is 2.18. The van der Waals surface area contributed by atoms with E-state index >= 15 is 0 Å². The molecule has 1 rings (SSSR count). The van der Waals surface area contributed by atoms with Crippen molar-refractivity contribution in [2.75, 3.05) is 12.5 Å². The predicted molar refractivity (Wildman–Crippen MR) is 48.6 cm³/mol. The van der Waals surface area contributed by atoms with E-state index in [1.165, 1.54) is 12.8 Å². The van der Waals surface area contributed by atoms with Crippen LogP contribution in [-0.2, 0) is 4.74 Å². The number of halogens is 2. The van der Waals surface area contributed by atoms with Crippen LogP contribution in [0.1, 0.15) is 25.7 Å². The second-order valence-electron chi connectivity index (χ2n) is 2.90. The van der Waals surface area contributed by atoms with E-state index in [1.54, 1.807) is 0 Å². The van der Waals surface area contributed by atoms with E-state index in [4.69, 9.17) is 27.9 Å². The van der Waals surface area contributed by atoms with E-state index in [0.717, 1.165) is 12.8 Å². The molecule has 0 spiro atoms. The third kappa shape index (κ3) is 3.18. The summed E-state index contributed by atoms with van der Waals surface area (Å²) in [6.07, 6.45) is 4.94. The lowest BCUT2D eigenvalue weighted by atomic mass is 9.97. The van der Waals surface area contributed by atoms with Gasteiger partial charge in [-0.3, -0.25) is 0 Å². The van der Waals surface area contributed by atoms with Gasteiger partial charge in [0.25, 0.3) is 0 Å². The maximum Gasteiger partial charge on any atom is 0.0739 e. The van der Waals surface area contributed by atoms with Crippen molar-refractivity contribution >= 4 is 23.2 Å². The van der Waals surface area contributed by atoms with Gasteiger partial charge in [0, 0.05) is 5.88 Å². The van der Waals surface area contributed by atoms with Gasteiger partial charge in [-0.1, -0.05) is 12.8 Å². The van der Waals surface area contributed by atoms with Crippen molar-refractivity contribution in [3.05, 3.63) is 0 Å². The van der Waals surface area contributed by atoms with E-state index in [1.807, 2.05) is 0 Å². The van der Waals surface area contributed by atoms with Crippen molar-refractivity contribution in [3.8, 4) is 0 Å². The van der Waals surface area contributed by atoms with Gasteiger partial charge in [-0.2, -0.15) is 0 Å². The Kier molecular flexibility index (Phi) is 4.58. The molecular formula is C8H14Cl2O. The van der Waals surface area contributed by atoms with Crippen molar-refractivity contribution in [3.63, 3.8) is 0 Å². The largest absolute Gasteiger partial charge is 0.375 e. The molecule has 0 aromatic heterocycles. The van der Waals surface area contributed by atoms with Gasteiger partial charge in [-0.25, -0.2) is 0 Å². The Morgan fingerprint density at radius 1 is 1.27 bits per heavy atom. The average Bonchev–Trinajstić information content (AvgIpc) is 2.03. The molecular weight excluding hydrogens is 183 g/mol. The predicted octanol–water partition coefficient (Wildman–Crippen LogP) is 2.79. The highest BCUT2D eigenvalue weighted by Gasteiger charge is 2.23. The Bertz CT molecular complexity index is 108. The Hall–Kier alpha value is 0.540. The highest BCUT2D eigenvalue weighted by Crippen LogP contribution is 2.25. The van der Waals surface area contributed by atoms with Crippen LogP contribution < -0.4 is 0 Å². The first-order valence-corrected chi connectivity index (χ1v) is 5.13. The first-order chi connectivity index (χ1) is 5.34. The van der Waals surface area contributed by atoms with Crippen LogP contribution in [0.25, 0.3) is 0 Å². The van der Waals surface area contributed by atoms with Crippen LogP contribution in [0.15, 0.2) is 0 Å². The van der Waals surface area contributed by atoms with Crippen LogP contribution in [-0.4, -0.2) is 24.0 Å². The van der Waals surface area contributed by atoms with E-state index in [0.29, 0.717) is 12.5 Å². The lowest BCUT2D eigenvalue weighted by Crippen LogP contribution is -2.28. The smallest absolute Gasteiger partial charge is 0.0739 e. The van der Waals surface area contributed by atoms with Gasteiger partial charge in [-0.05, 0) is 12.8 Å². The molecule has 1 fully saturated rings. The summed E-state index contributed by atoms with van der Waals surface area (Å²) in [5, 5.41) is 0.215. The molecule has 1 nitrogen and oxygen atoms in total. The van der Waals surface area contributed by atoms with Crippen LogP contribution in [0.3, 0.4) is 0 Å². The van der Waals surface area contributed by atoms with Gasteiger partial charge in [0.05, 0.1) is 18.1 Å². The molecule has 0 radical (unpaired) electrons. The number of hydrogen-bond acceptors (Lipinski definition) is 1. The van der Waals surface area contributed by atoms with Crippen LogP contribution in [0.2, 0.25) is 0 Å². The summed E-state index contributed by atoms with van der Waals surface area (Å²) in [4.78, 5) is 0. The van der Waals surface area contributed by atoms with Crippen molar-refractivity contribution < 1.29 is 4.74 Å². The minimum absolute atomic E-state index is 0.215. The Morgan fingerprint density at radius 3 is 2.64 bits per heavy atom. The summed E-state index contributed by atoms with van der Waals surface area (Å²) in [6, 6.07) is 0. The second kappa shape index (κ2) is 5.23. The minimum Gasteiger partial charge on any atom is -0.375 e. The number of hydrogen-bond donors (Lipinski definition) is 0. The van der Waals surface area contributed by atoms with Crippen molar-refractivity contribution in [2.24, 2.45) is 0 Å². The van der Waals surface area contributed by atoms with Gasteiger partial charge in [0.1, 0.15) is 0 Å². The molecule has 0 unspecified atom stereocenters. The maximum atomic E-state index is 6.05. The third-order valence-corrected chi connectivity index (χ3v) is 2.68. The fraction of sp³-hybridized carbons (Fsp3) is 1.00. The highest BCUT2D eigenvalue weighted by molar-refractivity contribution is 6.21. The molecule has 0 aliphatic heterocycles. The monoisotopic (exact) mass is 196 g/mol. The van der Waals surface area contributed by atoms with Crippen LogP contribution in [0, 0.1) is 0 Å².